The molecule has 0 saturated carbocycles. The molecule has 0 aromatic rings. The second kappa shape index (κ2) is 84.2. The number of aliphatic carboxylic acids is 2. The van der Waals surface area contributed by atoms with Gasteiger partial charge in [0.1, 0.15) is 25.4 Å². The number of carboxylic acid groups (broad SMARTS) is 2. The number of esters is 4. The summed E-state index contributed by atoms with van der Waals surface area (Å²) in [6.07, 6.45) is 74.6. The highest BCUT2D eigenvalue weighted by Crippen LogP contribution is 2.25. The number of unbranched alkanes of at least 4 members (excludes halogenated alkanes) is 57. The van der Waals surface area contributed by atoms with Gasteiger partial charge in [0.2, 0.25) is 11.8 Å². The SMILES string of the molecule is CC(C)(CO)[C@@H](O)C(=O)NCCC(=O)OCC(CCCCCCCCCCCCCCCCCCC(=O)O)CCCCCCCCCCCCCCCCCC(=O)O.CCCCCCCCCCCCCCCCCC(=O)OCC(COC(=O)CCNC(=O)[C@H](O)C(C)(C)CO)OC(=O)CCCCCCCCCCCCCCCCC. The minimum absolute atomic E-state index is 0.0541. The van der Waals surface area contributed by atoms with E-state index in [-0.39, 0.29) is 77.1 Å². The lowest BCUT2D eigenvalue weighted by Gasteiger charge is -2.27. The number of carbonyl (C=O) groups is 8. The fraction of sp³-hybridized carbons (Fsp3) is 0.917. The Morgan fingerprint density at radius 1 is 0.276 bits per heavy atom. The van der Waals surface area contributed by atoms with Gasteiger partial charge in [-0.3, -0.25) is 38.4 Å². The van der Waals surface area contributed by atoms with Gasteiger partial charge in [0, 0.05) is 49.6 Å². The first-order chi connectivity index (χ1) is 56.1. The first-order valence-corrected chi connectivity index (χ1v) is 48.3. The summed E-state index contributed by atoms with van der Waals surface area (Å²) in [7, 11) is 0. The number of nitrogens with one attached hydrogen (secondary N) is 2. The fourth-order valence-electron chi connectivity index (χ4n) is 14.6. The maximum atomic E-state index is 12.7. The number of hydrogen-bond donors (Lipinski definition) is 8. The largest absolute Gasteiger partial charge is 0.481 e. The molecule has 684 valence electrons. The van der Waals surface area contributed by atoms with E-state index in [1.54, 1.807) is 27.7 Å². The second-order valence-corrected chi connectivity index (χ2v) is 35.4. The Morgan fingerprint density at radius 2 is 0.483 bits per heavy atom. The van der Waals surface area contributed by atoms with Crippen LogP contribution >= 0.6 is 0 Å². The van der Waals surface area contributed by atoms with Gasteiger partial charge in [0.25, 0.3) is 0 Å². The van der Waals surface area contributed by atoms with Crippen molar-refractivity contribution < 1.29 is 87.9 Å². The van der Waals surface area contributed by atoms with Crippen molar-refractivity contribution in [3.8, 4) is 0 Å². The lowest BCUT2D eigenvalue weighted by molar-refractivity contribution is -0.167. The summed E-state index contributed by atoms with van der Waals surface area (Å²) in [4.78, 5) is 95.8. The van der Waals surface area contributed by atoms with Crippen molar-refractivity contribution in [1.29, 1.82) is 0 Å². The van der Waals surface area contributed by atoms with Crippen molar-refractivity contribution in [2.24, 2.45) is 16.7 Å². The van der Waals surface area contributed by atoms with Crippen LogP contribution in [0.3, 0.4) is 0 Å². The van der Waals surface area contributed by atoms with Gasteiger partial charge >= 0.3 is 35.8 Å². The number of aliphatic hydroxyl groups is 4. The van der Waals surface area contributed by atoms with E-state index in [2.05, 4.69) is 24.5 Å². The molecule has 0 aliphatic rings. The predicted octanol–water partition coefficient (Wildman–Crippen LogP) is 23.2. The van der Waals surface area contributed by atoms with E-state index >= 15 is 0 Å². The number of rotatable bonds is 88. The highest BCUT2D eigenvalue weighted by Gasteiger charge is 2.34. The van der Waals surface area contributed by atoms with E-state index in [1.807, 2.05) is 0 Å². The number of carbonyl (C=O) groups excluding carboxylic acids is 6. The quantitative estimate of drug-likeness (QED) is 0.0159. The van der Waals surface area contributed by atoms with Crippen LogP contribution in [0.15, 0.2) is 0 Å². The Balaban J connectivity index is 0. The van der Waals surface area contributed by atoms with Gasteiger partial charge in [-0.1, -0.05) is 408 Å². The zero-order valence-electron chi connectivity index (χ0n) is 75.6. The molecule has 0 bridgehead atoms. The Morgan fingerprint density at radius 3 is 0.724 bits per heavy atom. The van der Waals surface area contributed by atoms with Crippen LogP contribution in [0.25, 0.3) is 0 Å². The normalized spacial score (nSPS) is 12.6. The minimum Gasteiger partial charge on any atom is -0.481 e. The van der Waals surface area contributed by atoms with Crippen LogP contribution in [0, 0.1) is 16.7 Å². The van der Waals surface area contributed by atoms with Crippen molar-refractivity contribution in [3.05, 3.63) is 0 Å². The maximum absolute atomic E-state index is 12.7. The molecule has 0 aliphatic heterocycles. The van der Waals surface area contributed by atoms with Crippen molar-refractivity contribution in [3.63, 3.8) is 0 Å². The lowest BCUT2D eigenvalue weighted by Crippen LogP contribution is -2.46. The lowest BCUT2D eigenvalue weighted by atomic mass is 9.87. The Kier molecular flexibility index (Phi) is 82.5. The molecule has 0 aromatic heterocycles. The molecule has 0 spiro atoms. The van der Waals surface area contributed by atoms with Crippen LogP contribution in [0.1, 0.15) is 485 Å². The molecular weight excluding hydrogens is 1470 g/mol. The van der Waals surface area contributed by atoms with Gasteiger partial charge in [-0.05, 0) is 44.4 Å². The molecule has 4 atom stereocenters. The zero-order chi connectivity index (χ0) is 85.9. The monoisotopic (exact) mass is 1650 g/mol. The number of hydrogen-bond acceptors (Lipinski definition) is 16. The number of carboxylic acids is 2. The summed E-state index contributed by atoms with van der Waals surface area (Å²) in [6.45, 7) is 10.1. The van der Waals surface area contributed by atoms with E-state index in [9.17, 15) is 58.8 Å². The number of ether oxygens (including phenoxy) is 4. The topological polar surface area (TPSA) is 319 Å². The van der Waals surface area contributed by atoms with Gasteiger partial charge in [-0.25, -0.2) is 0 Å². The first kappa shape index (κ1) is 114. The van der Waals surface area contributed by atoms with Gasteiger partial charge in [0.15, 0.2) is 6.10 Å². The molecule has 0 rings (SSSR count). The summed E-state index contributed by atoms with van der Waals surface area (Å²) in [5.41, 5.74) is -1.99. The third-order valence-corrected chi connectivity index (χ3v) is 22.9. The number of aliphatic hydroxyl groups excluding tert-OH is 4. The Labute approximate surface area is 708 Å². The fourth-order valence-corrected chi connectivity index (χ4v) is 14.6. The van der Waals surface area contributed by atoms with Crippen LogP contribution in [-0.2, 0) is 57.3 Å². The molecule has 20 heteroatoms. The van der Waals surface area contributed by atoms with Crippen molar-refractivity contribution >= 4 is 47.6 Å². The van der Waals surface area contributed by atoms with E-state index in [1.165, 1.54) is 302 Å². The van der Waals surface area contributed by atoms with Crippen molar-refractivity contribution in [1.82, 2.24) is 10.6 Å². The van der Waals surface area contributed by atoms with Crippen molar-refractivity contribution in [2.45, 2.75) is 503 Å². The van der Waals surface area contributed by atoms with Crippen LogP contribution in [-0.4, -0.2) is 143 Å². The molecule has 2 amide bonds. The van der Waals surface area contributed by atoms with Gasteiger partial charge in [0.05, 0.1) is 32.7 Å². The molecule has 0 fully saturated rings. The minimum atomic E-state index is -1.44. The third-order valence-electron chi connectivity index (χ3n) is 22.9. The molecule has 20 nitrogen and oxygen atoms in total. The summed E-state index contributed by atoms with van der Waals surface area (Å²) < 4.78 is 22.1. The van der Waals surface area contributed by atoms with E-state index in [0.29, 0.717) is 31.8 Å². The summed E-state index contributed by atoms with van der Waals surface area (Å²) >= 11 is 0. The molecule has 0 radical (unpaired) electrons. The van der Waals surface area contributed by atoms with E-state index in [4.69, 9.17) is 29.2 Å². The molecule has 0 saturated heterocycles. The van der Waals surface area contributed by atoms with Crippen LogP contribution < -0.4 is 10.6 Å². The van der Waals surface area contributed by atoms with Crippen molar-refractivity contribution in [2.75, 3.05) is 46.1 Å². The standard InChI is InChI=1S/2C48H91NO9/c1-5-7-9-11-13-15-17-19-21-23-25-27-29-31-33-35-43(51)56-39-42(40-57-44(52)37-38-49-47(55)46(54)48(3,4)41-50)58-45(53)36-34-32-30-28-26-24-22-20-18-16-14-12-10-8-6-2;1-48(2,41-50)46(56)47(57)49-39-38-45(55)58-40-42(35-31-27-23-19-15-11-7-5-9-13-17-21-25-29-33-37-44(53)54)34-30-26-22-18-14-10-6-3-4-8-12-16-20-24-28-32-36-43(51)52/h42,46,50,54H,5-41H2,1-4H3,(H,49,55);42,46,50,56H,3-41H2,1-2H3,(H,49,57)(H,51,52)(H,53,54)/t2*42?,46-/m00/s1. The highest BCUT2D eigenvalue weighted by molar-refractivity contribution is 5.82. The van der Waals surface area contributed by atoms with Gasteiger partial charge in [-0.15, -0.1) is 0 Å². The molecule has 116 heavy (non-hydrogen) atoms. The Bertz CT molecular complexity index is 2280. The predicted molar refractivity (Wildman–Crippen MR) is 471 cm³/mol. The second-order valence-electron chi connectivity index (χ2n) is 35.4. The number of amides is 2. The van der Waals surface area contributed by atoms with Crippen LogP contribution in [0.4, 0.5) is 0 Å². The van der Waals surface area contributed by atoms with Gasteiger partial charge in [-0.2, -0.15) is 0 Å². The average Bonchev–Trinajstić information content (AvgIpc) is 0.874. The molecule has 0 aliphatic carbocycles. The molecule has 8 N–H and O–H groups in total. The summed E-state index contributed by atoms with van der Waals surface area (Å²) in [5, 5.41) is 61.6. The molecular formula is C96H182N2O18. The zero-order valence-corrected chi connectivity index (χ0v) is 75.6. The Hall–Kier alpha value is -4.40. The summed E-state index contributed by atoms with van der Waals surface area (Å²) in [6, 6.07) is 0. The molecule has 2 unspecified atom stereocenters. The third kappa shape index (κ3) is 79.4. The van der Waals surface area contributed by atoms with Crippen LogP contribution in [0.2, 0.25) is 0 Å². The highest BCUT2D eigenvalue weighted by atomic mass is 16.6. The van der Waals surface area contributed by atoms with E-state index in [0.717, 1.165) is 96.3 Å². The maximum Gasteiger partial charge on any atom is 0.307 e. The first-order valence-electron chi connectivity index (χ1n) is 48.3. The smallest absolute Gasteiger partial charge is 0.307 e. The van der Waals surface area contributed by atoms with E-state index < -0.39 is 64.8 Å². The molecule has 0 heterocycles. The average molecular weight is 1650 g/mol. The van der Waals surface area contributed by atoms with Gasteiger partial charge < -0.3 is 60.2 Å². The summed E-state index contributed by atoms with van der Waals surface area (Å²) in [5.74, 6) is -4.05. The molecule has 0 aromatic carbocycles. The van der Waals surface area contributed by atoms with Crippen LogP contribution in [0.5, 0.6) is 0 Å².